The van der Waals surface area contributed by atoms with Gasteiger partial charge in [0.05, 0.1) is 10.7 Å². The van der Waals surface area contributed by atoms with E-state index in [0.717, 1.165) is 13.1 Å². The van der Waals surface area contributed by atoms with Gasteiger partial charge in [-0.25, -0.2) is 4.98 Å². The minimum absolute atomic E-state index is 0.337. The molecule has 7 heteroatoms. The van der Waals surface area contributed by atoms with Crippen molar-refractivity contribution in [3.8, 4) is 0 Å². The third kappa shape index (κ3) is 3.11. The molecule has 0 aromatic carbocycles. The molecule has 2 heterocycles. The van der Waals surface area contributed by atoms with E-state index < -0.39 is 0 Å². The van der Waals surface area contributed by atoms with E-state index in [-0.39, 0.29) is 11.9 Å². The van der Waals surface area contributed by atoms with Crippen molar-refractivity contribution in [2.24, 2.45) is 5.73 Å². The first-order valence-corrected chi connectivity index (χ1v) is 6.38. The second-order valence-electron chi connectivity index (χ2n) is 4.16. The van der Waals surface area contributed by atoms with Crippen LogP contribution in [0.5, 0.6) is 0 Å². The number of piperazine rings is 1. The quantitative estimate of drug-likeness (QED) is 0.801. The first kappa shape index (κ1) is 13.5. The molecule has 3 N–H and O–H groups in total. The minimum Gasteiger partial charge on any atom is -0.368 e. The molecule has 1 atom stereocenters. The average molecular weight is 289 g/mol. The van der Waals surface area contributed by atoms with Crippen LogP contribution in [-0.4, -0.2) is 41.5 Å². The van der Waals surface area contributed by atoms with E-state index in [1.807, 2.05) is 4.90 Å². The molecule has 1 saturated heterocycles. The van der Waals surface area contributed by atoms with Crippen LogP contribution < -0.4 is 11.1 Å². The Morgan fingerprint density at radius 3 is 3.06 bits per heavy atom. The lowest BCUT2D eigenvalue weighted by molar-refractivity contribution is -0.124. The summed E-state index contributed by atoms with van der Waals surface area (Å²) in [7, 11) is 0. The summed E-state index contributed by atoms with van der Waals surface area (Å²) in [5.41, 5.74) is 6.04. The molecule has 1 aromatic heterocycles. The van der Waals surface area contributed by atoms with E-state index in [0.29, 0.717) is 29.0 Å². The molecule has 1 amide bonds. The highest BCUT2D eigenvalue weighted by Gasteiger charge is 2.27. The Balaban J connectivity index is 2.15. The lowest BCUT2D eigenvalue weighted by Gasteiger charge is -2.33. The zero-order valence-corrected chi connectivity index (χ0v) is 11.2. The van der Waals surface area contributed by atoms with Crippen LogP contribution in [0.3, 0.4) is 0 Å². The van der Waals surface area contributed by atoms with Gasteiger partial charge in [-0.15, -0.1) is 0 Å². The number of amides is 1. The Bertz CT molecular complexity index is 455. The number of carbonyl (C=O) groups excluding carboxylic acids is 1. The van der Waals surface area contributed by atoms with Gasteiger partial charge in [-0.05, 0) is 12.1 Å². The summed E-state index contributed by atoms with van der Waals surface area (Å²) in [6, 6.07) is 3.00. The first-order chi connectivity index (χ1) is 8.58. The molecule has 1 fully saturated rings. The zero-order chi connectivity index (χ0) is 13.1. The molecular weight excluding hydrogens is 275 g/mol. The molecule has 0 radical (unpaired) electrons. The molecule has 0 aliphatic carbocycles. The van der Waals surface area contributed by atoms with Gasteiger partial charge >= 0.3 is 0 Å². The molecule has 1 aliphatic heterocycles. The molecule has 1 aromatic rings. The normalized spacial score (nSPS) is 20.9. The minimum atomic E-state index is -0.347. The maximum Gasteiger partial charge on any atom is 0.236 e. The van der Waals surface area contributed by atoms with E-state index in [1.54, 1.807) is 12.1 Å². The number of halogens is 2. The van der Waals surface area contributed by atoms with Crippen LogP contribution in [0.15, 0.2) is 12.1 Å². The summed E-state index contributed by atoms with van der Waals surface area (Å²) >= 11 is 11.9. The van der Waals surface area contributed by atoms with E-state index >= 15 is 0 Å². The van der Waals surface area contributed by atoms with E-state index in [2.05, 4.69) is 10.3 Å². The largest absolute Gasteiger partial charge is 0.368 e. The monoisotopic (exact) mass is 288 g/mol. The molecule has 0 bridgehead atoms. The number of aromatic nitrogens is 1. The van der Waals surface area contributed by atoms with Crippen LogP contribution in [0.1, 0.15) is 5.69 Å². The molecule has 1 unspecified atom stereocenters. The Morgan fingerprint density at radius 1 is 1.56 bits per heavy atom. The highest BCUT2D eigenvalue weighted by Crippen LogP contribution is 2.19. The summed E-state index contributed by atoms with van der Waals surface area (Å²) in [6.45, 7) is 2.54. The third-order valence-corrected chi connectivity index (χ3v) is 3.47. The Labute approximate surface area is 115 Å². The number of hydrogen-bond acceptors (Lipinski definition) is 4. The highest BCUT2D eigenvalue weighted by atomic mass is 35.5. The van der Waals surface area contributed by atoms with E-state index in [1.165, 1.54) is 0 Å². The van der Waals surface area contributed by atoms with E-state index in [9.17, 15) is 4.79 Å². The summed E-state index contributed by atoms with van der Waals surface area (Å²) in [4.78, 5) is 17.5. The fourth-order valence-electron chi connectivity index (χ4n) is 1.98. The maximum absolute atomic E-state index is 11.4. The summed E-state index contributed by atoms with van der Waals surface area (Å²) < 4.78 is 0. The number of nitrogens with zero attached hydrogens (tertiary/aromatic N) is 2. The predicted molar refractivity (Wildman–Crippen MR) is 70.5 cm³/mol. The first-order valence-electron chi connectivity index (χ1n) is 5.63. The fraction of sp³-hybridized carbons (Fsp3) is 0.455. The van der Waals surface area contributed by atoms with Gasteiger partial charge in [-0.2, -0.15) is 0 Å². The molecule has 5 nitrogen and oxygen atoms in total. The van der Waals surface area contributed by atoms with Gasteiger partial charge in [0.1, 0.15) is 11.2 Å². The van der Waals surface area contributed by atoms with Crippen LogP contribution in [0, 0.1) is 0 Å². The van der Waals surface area contributed by atoms with Crippen molar-refractivity contribution in [2.75, 3.05) is 19.6 Å². The predicted octanol–water partition coefficient (Wildman–Crippen LogP) is 0.648. The number of carbonyl (C=O) groups is 1. The fourth-order valence-corrected chi connectivity index (χ4v) is 2.31. The Hall–Kier alpha value is -0.880. The van der Waals surface area contributed by atoms with Crippen LogP contribution in [0.4, 0.5) is 0 Å². The van der Waals surface area contributed by atoms with Crippen molar-refractivity contribution in [1.29, 1.82) is 0 Å². The molecule has 1 aliphatic rings. The van der Waals surface area contributed by atoms with Crippen molar-refractivity contribution in [2.45, 2.75) is 12.6 Å². The Kier molecular flexibility index (Phi) is 4.40. The number of hydrogen-bond donors (Lipinski definition) is 2. The van der Waals surface area contributed by atoms with Crippen molar-refractivity contribution in [3.05, 3.63) is 28.0 Å². The molecule has 0 saturated carbocycles. The average Bonchev–Trinajstić information content (AvgIpc) is 2.34. The lowest BCUT2D eigenvalue weighted by Crippen LogP contribution is -2.56. The number of primary amides is 1. The van der Waals surface area contributed by atoms with Crippen LogP contribution >= 0.6 is 23.2 Å². The third-order valence-electron chi connectivity index (χ3n) is 2.92. The molecular formula is C11H14Cl2N4O. The van der Waals surface area contributed by atoms with Gasteiger partial charge in [0, 0.05) is 26.2 Å². The van der Waals surface area contributed by atoms with Crippen molar-refractivity contribution >= 4 is 29.1 Å². The number of nitrogens with one attached hydrogen (secondary N) is 1. The summed E-state index contributed by atoms with van der Waals surface area (Å²) in [6.07, 6.45) is 0. The Morgan fingerprint density at radius 2 is 2.33 bits per heavy atom. The van der Waals surface area contributed by atoms with E-state index in [4.69, 9.17) is 28.9 Å². The number of nitrogens with two attached hydrogens (primary N) is 1. The highest BCUT2D eigenvalue weighted by molar-refractivity contribution is 6.32. The van der Waals surface area contributed by atoms with Crippen molar-refractivity contribution < 1.29 is 4.79 Å². The lowest BCUT2D eigenvalue weighted by atomic mass is 10.1. The second kappa shape index (κ2) is 5.84. The summed E-state index contributed by atoms with van der Waals surface area (Å²) in [5, 5.41) is 4.07. The molecule has 0 spiro atoms. The topological polar surface area (TPSA) is 71.2 Å². The van der Waals surface area contributed by atoms with Crippen LogP contribution in [0.2, 0.25) is 10.2 Å². The van der Waals surface area contributed by atoms with Gasteiger partial charge in [-0.1, -0.05) is 23.2 Å². The van der Waals surface area contributed by atoms with Gasteiger partial charge in [0.15, 0.2) is 0 Å². The maximum atomic E-state index is 11.4. The number of pyridine rings is 1. The van der Waals surface area contributed by atoms with Gasteiger partial charge < -0.3 is 11.1 Å². The van der Waals surface area contributed by atoms with Crippen molar-refractivity contribution in [1.82, 2.24) is 15.2 Å². The summed E-state index contributed by atoms with van der Waals surface area (Å²) in [5.74, 6) is -0.347. The molecule has 18 heavy (non-hydrogen) atoms. The van der Waals surface area contributed by atoms with Gasteiger partial charge in [0.2, 0.25) is 5.91 Å². The van der Waals surface area contributed by atoms with Crippen LogP contribution in [-0.2, 0) is 11.3 Å². The standard InChI is InChI=1S/C11H14Cl2N4O/c12-7-1-2-10(13)16-8(7)6-17-4-3-15-5-9(17)11(14)18/h1-2,9,15H,3-6H2,(H2,14,18). The van der Waals surface area contributed by atoms with Gasteiger partial charge in [0.25, 0.3) is 0 Å². The SMILES string of the molecule is NC(=O)C1CNCCN1Cc1nc(Cl)ccc1Cl. The van der Waals surface area contributed by atoms with Gasteiger partial charge in [-0.3, -0.25) is 9.69 Å². The zero-order valence-electron chi connectivity index (χ0n) is 9.70. The van der Waals surface area contributed by atoms with Crippen molar-refractivity contribution in [3.63, 3.8) is 0 Å². The molecule has 98 valence electrons. The molecule has 2 rings (SSSR count). The second-order valence-corrected chi connectivity index (χ2v) is 4.95. The van der Waals surface area contributed by atoms with Crippen LogP contribution in [0.25, 0.3) is 0 Å². The number of rotatable bonds is 3. The smallest absolute Gasteiger partial charge is 0.236 e.